The number of benzene rings is 2. The van der Waals surface area contributed by atoms with Crippen molar-refractivity contribution in [1.29, 1.82) is 0 Å². The summed E-state index contributed by atoms with van der Waals surface area (Å²) in [6, 6.07) is 20.0. The zero-order chi connectivity index (χ0) is 22.2. The van der Waals surface area contributed by atoms with Gasteiger partial charge in [0.05, 0.1) is 5.75 Å². The fourth-order valence-corrected chi connectivity index (χ4v) is 6.83. The van der Waals surface area contributed by atoms with Crippen molar-refractivity contribution in [2.24, 2.45) is 28.8 Å². The molecule has 0 spiro atoms. The maximum absolute atomic E-state index is 12.7. The lowest BCUT2D eigenvalue weighted by Crippen LogP contribution is -2.46. The maximum atomic E-state index is 12.7. The van der Waals surface area contributed by atoms with Gasteiger partial charge in [0, 0.05) is 17.0 Å². The minimum absolute atomic E-state index is 0.0924. The lowest BCUT2D eigenvalue weighted by Gasteiger charge is -2.50. The molecule has 0 atom stereocenters. The number of amides is 1. The molecular weight excluding hydrogens is 430 g/mol. The number of rotatable bonds is 6. The van der Waals surface area contributed by atoms with Crippen LogP contribution in [0.15, 0.2) is 70.9 Å². The Labute approximate surface area is 197 Å². The van der Waals surface area contributed by atoms with Crippen LogP contribution in [0.2, 0.25) is 0 Å². The Morgan fingerprint density at radius 2 is 1.55 bits per heavy atom. The summed E-state index contributed by atoms with van der Waals surface area (Å²) in [5.74, 6) is 3.87. The molecule has 0 saturated heterocycles. The quantitative estimate of drug-likeness (QED) is 0.420. The van der Waals surface area contributed by atoms with Gasteiger partial charge in [-0.15, -0.1) is 10.2 Å². The number of para-hydroxylation sites is 1. The van der Waals surface area contributed by atoms with Gasteiger partial charge in [-0.2, -0.15) is 5.10 Å². The van der Waals surface area contributed by atoms with Crippen molar-refractivity contribution >= 4 is 23.4 Å². The van der Waals surface area contributed by atoms with Crippen LogP contribution in [-0.2, 0) is 4.79 Å². The molecule has 1 aromatic heterocycles. The van der Waals surface area contributed by atoms with Crippen LogP contribution in [0.1, 0.15) is 32.1 Å². The van der Waals surface area contributed by atoms with E-state index in [0.29, 0.717) is 17.0 Å². The van der Waals surface area contributed by atoms with Gasteiger partial charge in [0.15, 0.2) is 11.0 Å². The van der Waals surface area contributed by atoms with Gasteiger partial charge in [-0.25, -0.2) is 5.43 Å². The van der Waals surface area contributed by atoms with Crippen molar-refractivity contribution in [3.05, 3.63) is 60.7 Å². The molecule has 4 bridgehead atoms. The lowest BCUT2D eigenvalue weighted by atomic mass is 9.55. The molecule has 168 valence electrons. The molecule has 7 rings (SSSR count). The Balaban J connectivity index is 1.18. The predicted molar refractivity (Wildman–Crippen MR) is 130 cm³/mol. The number of thioether (sulfide) groups is 1. The summed E-state index contributed by atoms with van der Waals surface area (Å²) < 4.78 is 2.01. The van der Waals surface area contributed by atoms with Crippen LogP contribution in [0, 0.1) is 23.7 Å². The Hall–Kier alpha value is -2.93. The highest BCUT2D eigenvalue weighted by atomic mass is 32.2. The fraction of sp³-hybridized carbons (Fsp3) is 0.385. The maximum Gasteiger partial charge on any atom is 0.250 e. The summed E-state index contributed by atoms with van der Waals surface area (Å²) in [5.41, 5.74) is 6.05. The van der Waals surface area contributed by atoms with Crippen LogP contribution in [0.25, 0.3) is 17.1 Å². The van der Waals surface area contributed by atoms with Gasteiger partial charge in [-0.1, -0.05) is 60.3 Å². The molecule has 0 unspecified atom stereocenters. The second-order valence-corrected chi connectivity index (χ2v) is 10.5. The standard InChI is InChI=1S/C26H27N5OS/c32-23(27-28-24-20-12-17-11-18(14-20)15-21(24)13-17)16-33-26-30-29-25(19-7-3-1-4-8-19)31(26)22-9-5-2-6-10-22/h1-10,17-18,20-21H,11-16H2,(H,27,32). The molecule has 6 nitrogen and oxygen atoms in total. The Bertz CT molecular complexity index is 1140. The molecule has 4 saturated carbocycles. The van der Waals surface area contributed by atoms with E-state index in [9.17, 15) is 4.79 Å². The minimum Gasteiger partial charge on any atom is -0.272 e. The average molecular weight is 458 g/mol. The number of aromatic nitrogens is 3. The average Bonchev–Trinajstić information content (AvgIpc) is 3.27. The first-order valence-electron chi connectivity index (χ1n) is 11.8. The molecule has 3 aromatic rings. The van der Waals surface area contributed by atoms with Crippen LogP contribution in [0.4, 0.5) is 0 Å². The van der Waals surface area contributed by atoms with Crippen LogP contribution >= 0.6 is 11.8 Å². The number of hydrogen-bond donors (Lipinski definition) is 1. The number of hydrogen-bond acceptors (Lipinski definition) is 5. The molecule has 0 aliphatic heterocycles. The molecule has 0 radical (unpaired) electrons. The van der Waals surface area contributed by atoms with Crippen molar-refractivity contribution in [3.8, 4) is 17.1 Å². The summed E-state index contributed by atoms with van der Waals surface area (Å²) >= 11 is 1.39. The molecule has 1 N–H and O–H groups in total. The van der Waals surface area contributed by atoms with Gasteiger partial charge in [-0.05, 0) is 67.9 Å². The topological polar surface area (TPSA) is 72.2 Å². The highest BCUT2D eigenvalue weighted by Gasteiger charge is 2.46. The highest BCUT2D eigenvalue weighted by molar-refractivity contribution is 7.99. The van der Waals surface area contributed by atoms with Gasteiger partial charge in [0.25, 0.3) is 5.91 Å². The van der Waals surface area contributed by atoms with E-state index in [1.165, 1.54) is 49.6 Å². The van der Waals surface area contributed by atoms with E-state index in [1.54, 1.807) is 0 Å². The Kier molecular flexibility index (Phi) is 5.50. The number of carbonyl (C=O) groups is 1. The molecule has 1 heterocycles. The van der Waals surface area contributed by atoms with Crippen LogP contribution in [-0.4, -0.2) is 32.1 Å². The second-order valence-electron chi connectivity index (χ2n) is 9.51. The summed E-state index contributed by atoms with van der Waals surface area (Å²) in [6.07, 6.45) is 6.46. The first-order chi connectivity index (χ1) is 16.2. The van der Waals surface area contributed by atoms with Crippen LogP contribution < -0.4 is 5.43 Å². The molecule has 4 aliphatic rings. The van der Waals surface area contributed by atoms with E-state index in [-0.39, 0.29) is 11.7 Å². The molecule has 4 fully saturated rings. The highest BCUT2D eigenvalue weighted by Crippen LogP contribution is 2.52. The molecule has 7 heteroatoms. The minimum atomic E-state index is -0.0924. The Morgan fingerprint density at radius 3 is 2.21 bits per heavy atom. The third-order valence-electron chi connectivity index (χ3n) is 7.30. The van der Waals surface area contributed by atoms with E-state index in [1.807, 2.05) is 65.2 Å². The molecule has 4 aliphatic carbocycles. The lowest BCUT2D eigenvalue weighted by molar-refractivity contribution is -0.118. The van der Waals surface area contributed by atoms with E-state index < -0.39 is 0 Å². The van der Waals surface area contributed by atoms with Gasteiger partial charge in [0.1, 0.15) is 0 Å². The first kappa shape index (κ1) is 20.7. The van der Waals surface area contributed by atoms with E-state index >= 15 is 0 Å². The van der Waals surface area contributed by atoms with Gasteiger partial charge in [-0.3, -0.25) is 9.36 Å². The molecule has 2 aromatic carbocycles. The van der Waals surface area contributed by atoms with E-state index in [2.05, 4.69) is 20.7 Å². The van der Waals surface area contributed by atoms with E-state index in [4.69, 9.17) is 0 Å². The third-order valence-corrected chi connectivity index (χ3v) is 8.23. The number of nitrogens with one attached hydrogen (secondary N) is 1. The molecule has 33 heavy (non-hydrogen) atoms. The largest absolute Gasteiger partial charge is 0.272 e. The van der Waals surface area contributed by atoms with E-state index in [0.717, 1.165) is 28.9 Å². The van der Waals surface area contributed by atoms with Crippen molar-refractivity contribution in [1.82, 2.24) is 20.2 Å². The number of carbonyl (C=O) groups excluding carboxylic acids is 1. The first-order valence-corrected chi connectivity index (χ1v) is 12.8. The summed E-state index contributed by atoms with van der Waals surface area (Å²) in [4.78, 5) is 12.7. The van der Waals surface area contributed by atoms with Crippen molar-refractivity contribution in [2.75, 3.05) is 5.75 Å². The second kappa shape index (κ2) is 8.78. The normalized spacial score (nSPS) is 25.3. The van der Waals surface area contributed by atoms with Gasteiger partial charge >= 0.3 is 0 Å². The molecular formula is C26H27N5OS. The predicted octanol–water partition coefficient (Wildman–Crippen LogP) is 4.95. The van der Waals surface area contributed by atoms with Crippen LogP contribution in [0.5, 0.6) is 0 Å². The van der Waals surface area contributed by atoms with Crippen LogP contribution in [0.3, 0.4) is 0 Å². The number of hydrazone groups is 1. The SMILES string of the molecule is O=C(CSc1nnc(-c2ccccc2)n1-c1ccccc1)NN=C1C2CC3CC(C2)CC1C3. The number of nitrogens with zero attached hydrogens (tertiary/aromatic N) is 4. The van der Waals surface area contributed by atoms with Crippen molar-refractivity contribution in [3.63, 3.8) is 0 Å². The van der Waals surface area contributed by atoms with Gasteiger partial charge in [0.2, 0.25) is 0 Å². The smallest absolute Gasteiger partial charge is 0.250 e. The third kappa shape index (κ3) is 4.10. The zero-order valence-electron chi connectivity index (χ0n) is 18.4. The summed E-state index contributed by atoms with van der Waals surface area (Å²) in [6.45, 7) is 0. The summed E-state index contributed by atoms with van der Waals surface area (Å²) in [7, 11) is 0. The zero-order valence-corrected chi connectivity index (χ0v) is 19.2. The monoisotopic (exact) mass is 457 g/mol. The van der Waals surface area contributed by atoms with Crippen molar-refractivity contribution in [2.45, 2.75) is 37.3 Å². The van der Waals surface area contributed by atoms with Gasteiger partial charge < -0.3 is 0 Å². The van der Waals surface area contributed by atoms with Crippen molar-refractivity contribution < 1.29 is 4.79 Å². The summed E-state index contributed by atoms with van der Waals surface area (Å²) in [5, 5.41) is 14.2. The Morgan fingerprint density at radius 1 is 0.909 bits per heavy atom. The fourth-order valence-electron chi connectivity index (χ4n) is 6.09. The molecule has 1 amide bonds.